The Morgan fingerprint density at radius 1 is 1.09 bits per heavy atom. The van der Waals surface area contributed by atoms with Gasteiger partial charge in [-0.05, 0) is 62.3 Å². The van der Waals surface area contributed by atoms with Crippen LogP contribution in [0, 0.1) is 11.8 Å². The van der Waals surface area contributed by atoms with Gasteiger partial charge in [-0.3, -0.25) is 4.79 Å². The van der Waals surface area contributed by atoms with Crippen LogP contribution < -0.4 is 0 Å². The number of allylic oxidation sites excluding steroid dienone is 1. The molecule has 182 valence electrons. The molecule has 1 atom stereocenters. The highest BCUT2D eigenvalue weighted by Gasteiger charge is 2.29. The maximum Gasteiger partial charge on any atom is 0.137 e. The van der Waals surface area contributed by atoms with Crippen LogP contribution in [0.25, 0.3) is 5.70 Å². The van der Waals surface area contributed by atoms with Gasteiger partial charge >= 0.3 is 0 Å². The van der Waals surface area contributed by atoms with Crippen molar-refractivity contribution in [3.8, 4) is 0 Å². The molecule has 2 aromatic rings. The topological polar surface area (TPSA) is 32.7 Å². The van der Waals surface area contributed by atoms with E-state index in [4.69, 9.17) is 28.2 Å². The number of benzene rings is 2. The van der Waals surface area contributed by atoms with Crippen LogP contribution in [-0.4, -0.2) is 23.1 Å². The van der Waals surface area contributed by atoms with Crippen molar-refractivity contribution in [1.29, 1.82) is 0 Å². The smallest absolute Gasteiger partial charge is 0.137 e. The molecule has 2 aromatic carbocycles. The second-order valence-corrected chi connectivity index (χ2v) is 10.3. The molecule has 0 heterocycles. The normalized spacial score (nSPS) is 15.6. The fraction of sp³-hybridized carbons (Fsp3) is 0.448. The zero-order chi connectivity index (χ0) is 24.7. The lowest BCUT2D eigenvalue weighted by Gasteiger charge is -2.25. The van der Waals surface area contributed by atoms with E-state index in [2.05, 4.69) is 37.8 Å². The first-order chi connectivity index (χ1) is 16.3. The summed E-state index contributed by atoms with van der Waals surface area (Å²) >= 11 is 12.6. The summed E-state index contributed by atoms with van der Waals surface area (Å²) in [5.74, 6) is 2.11. The Morgan fingerprint density at radius 2 is 1.79 bits per heavy atom. The number of hydrogen-bond acceptors (Lipinski definition) is 2. The summed E-state index contributed by atoms with van der Waals surface area (Å²) < 4.78 is 0. The summed E-state index contributed by atoms with van der Waals surface area (Å²) in [6.45, 7) is 10.0. The first-order valence-electron chi connectivity index (χ1n) is 12.3. The molecule has 5 heteroatoms. The summed E-state index contributed by atoms with van der Waals surface area (Å²) in [5, 5.41) is 1.06. The molecule has 1 fully saturated rings. The zero-order valence-electron chi connectivity index (χ0n) is 20.8. The highest BCUT2D eigenvalue weighted by atomic mass is 35.5. The molecular weight excluding hydrogens is 463 g/mol. The monoisotopic (exact) mass is 498 g/mol. The summed E-state index contributed by atoms with van der Waals surface area (Å²) in [5.41, 5.74) is 4.32. The fourth-order valence-corrected chi connectivity index (χ4v) is 4.36. The van der Waals surface area contributed by atoms with E-state index in [0.29, 0.717) is 41.3 Å². The van der Waals surface area contributed by atoms with Crippen LogP contribution in [0.1, 0.15) is 70.9 Å². The van der Waals surface area contributed by atoms with Gasteiger partial charge in [-0.1, -0.05) is 79.9 Å². The maximum atomic E-state index is 12.5. The molecule has 1 aliphatic rings. The quantitative estimate of drug-likeness (QED) is 0.230. The third-order valence-electron chi connectivity index (χ3n) is 6.56. The minimum atomic E-state index is 0.278. The van der Waals surface area contributed by atoms with Crippen LogP contribution in [0.5, 0.6) is 0 Å². The highest BCUT2D eigenvalue weighted by molar-refractivity contribution is 6.42. The molecule has 0 aliphatic heterocycles. The maximum absolute atomic E-state index is 12.5. The number of nitrogens with zero attached hydrogens (tertiary/aromatic N) is 2. The molecule has 1 saturated carbocycles. The summed E-state index contributed by atoms with van der Waals surface area (Å²) in [4.78, 5) is 19.8. The van der Waals surface area contributed by atoms with E-state index in [0.717, 1.165) is 42.8 Å². The van der Waals surface area contributed by atoms with E-state index < -0.39 is 0 Å². The molecule has 0 spiro atoms. The van der Waals surface area contributed by atoms with Crippen molar-refractivity contribution in [3.05, 3.63) is 75.3 Å². The van der Waals surface area contributed by atoms with E-state index in [9.17, 15) is 4.79 Å². The van der Waals surface area contributed by atoms with Crippen molar-refractivity contribution in [2.24, 2.45) is 16.8 Å². The molecule has 0 aromatic heterocycles. The summed E-state index contributed by atoms with van der Waals surface area (Å²) in [7, 11) is 0. The van der Waals surface area contributed by atoms with Gasteiger partial charge in [-0.2, -0.15) is 0 Å². The van der Waals surface area contributed by atoms with Gasteiger partial charge in [0.15, 0.2) is 0 Å². The molecule has 0 N–H and O–H groups in total. The lowest BCUT2D eigenvalue weighted by Crippen LogP contribution is -2.31. The summed E-state index contributed by atoms with van der Waals surface area (Å²) in [6.07, 6.45) is 4.72. The van der Waals surface area contributed by atoms with Crippen LogP contribution >= 0.6 is 23.2 Å². The predicted octanol–water partition coefficient (Wildman–Crippen LogP) is 8.45. The first kappa shape index (κ1) is 26.5. The minimum absolute atomic E-state index is 0.278. The molecular formula is C29H36Cl2N2O. The number of hydrogen-bond donors (Lipinski definition) is 0. The van der Waals surface area contributed by atoms with Gasteiger partial charge in [0, 0.05) is 31.0 Å². The average Bonchev–Trinajstić information content (AvgIpc) is 3.68. The fourth-order valence-electron chi connectivity index (χ4n) is 4.06. The number of rotatable bonds is 11. The van der Waals surface area contributed by atoms with Crippen molar-refractivity contribution in [3.63, 3.8) is 0 Å². The van der Waals surface area contributed by atoms with E-state index in [1.807, 2.05) is 43.3 Å². The van der Waals surface area contributed by atoms with Gasteiger partial charge in [0.1, 0.15) is 11.6 Å². The van der Waals surface area contributed by atoms with Gasteiger partial charge in [-0.15, -0.1) is 0 Å². The number of halogens is 2. The predicted molar refractivity (Wildman–Crippen MR) is 145 cm³/mol. The van der Waals surface area contributed by atoms with E-state index in [1.165, 1.54) is 11.1 Å². The minimum Gasteiger partial charge on any atom is -0.356 e. The zero-order valence-corrected chi connectivity index (χ0v) is 22.3. The first-order valence-corrected chi connectivity index (χ1v) is 13.1. The van der Waals surface area contributed by atoms with Crippen molar-refractivity contribution in [2.45, 2.75) is 66.3 Å². The molecule has 0 bridgehead atoms. The van der Waals surface area contributed by atoms with Crippen LogP contribution in [-0.2, 0) is 11.3 Å². The Balaban J connectivity index is 1.95. The van der Waals surface area contributed by atoms with Crippen molar-refractivity contribution < 1.29 is 4.79 Å². The van der Waals surface area contributed by atoms with E-state index in [1.54, 1.807) is 0 Å². The highest BCUT2D eigenvalue weighted by Crippen LogP contribution is 2.32. The molecule has 1 aliphatic carbocycles. The van der Waals surface area contributed by atoms with Gasteiger partial charge in [0.2, 0.25) is 0 Å². The van der Waals surface area contributed by atoms with Crippen molar-refractivity contribution in [1.82, 2.24) is 4.90 Å². The third kappa shape index (κ3) is 7.71. The number of Topliss-reactive ketones (excluding diaryl/α,β-unsaturated/α-hetero) is 1. The van der Waals surface area contributed by atoms with Crippen LogP contribution in [0.2, 0.25) is 10.0 Å². The van der Waals surface area contributed by atoms with Crippen molar-refractivity contribution in [2.75, 3.05) is 6.54 Å². The Kier molecular flexibility index (Phi) is 9.79. The number of carbonyl (C=O) groups is 1. The van der Waals surface area contributed by atoms with Crippen LogP contribution in [0.15, 0.2) is 59.1 Å². The standard InChI is InChI=1S/C29H36Cl2N2O/c1-5-20(2)17-21(3)29(25-13-14-26(30)27(31)18-25)32-22(4)33(16-15-28(34)24-11-12-24)19-23-9-7-6-8-10-23/h6-10,13-14,18,20,24H,5,11-12,15-17,19H2,1-4H3/b29-21+,32-22?. The number of amidine groups is 1. The lowest BCUT2D eigenvalue weighted by molar-refractivity contribution is -0.120. The molecule has 0 saturated heterocycles. The molecule has 0 amide bonds. The third-order valence-corrected chi connectivity index (χ3v) is 7.30. The number of carbonyl (C=O) groups excluding carboxylic acids is 1. The van der Waals surface area contributed by atoms with E-state index >= 15 is 0 Å². The van der Waals surface area contributed by atoms with Gasteiger partial charge in [0.05, 0.1) is 15.7 Å². The van der Waals surface area contributed by atoms with Gasteiger partial charge in [0.25, 0.3) is 0 Å². The number of ketones is 1. The Hall–Kier alpha value is -2.10. The Labute approximate surface area is 214 Å². The Morgan fingerprint density at radius 3 is 2.41 bits per heavy atom. The second-order valence-electron chi connectivity index (χ2n) is 9.53. The van der Waals surface area contributed by atoms with Crippen LogP contribution in [0.3, 0.4) is 0 Å². The van der Waals surface area contributed by atoms with Gasteiger partial charge < -0.3 is 4.90 Å². The largest absolute Gasteiger partial charge is 0.356 e. The van der Waals surface area contributed by atoms with Gasteiger partial charge in [-0.25, -0.2) is 4.99 Å². The second kappa shape index (κ2) is 12.6. The molecule has 3 rings (SSSR count). The molecule has 1 unspecified atom stereocenters. The average molecular weight is 500 g/mol. The Bertz CT molecular complexity index is 1040. The SMILES string of the molecule is CCC(C)C/C(C)=C(/N=C(C)N(CCC(=O)C1CC1)Cc1ccccc1)c1ccc(Cl)c(Cl)c1. The molecule has 3 nitrogen and oxygen atoms in total. The summed E-state index contributed by atoms with van der Waals surface area (Å²) in [6, 6.07) is 16.1. The lowest BCUT2D eigenvalue weighted by atomic mass is 9.96. The number of aliphatic imine (C=N–C) groups is 1. The van der Waals surface area contributed by atoms with Crippen LogP contribution in [0.4, 0.5) is 0 Å². The van der Waals surface area contributed by atoms with E-state index in [-0.39, 0.29) is 5.92 Å². The molecule has 34 heavy (non-hydrogen) atoms. The van der Waals surface area contributed by atoms with Crippen molar-refractivity contribution >= 4 is 40.5 Å². The molecule has 0 radical (unpaired) electrons.